The average Bonchev–Trinajstić information content (AvgIpc) is 3.25. The maximum atomic E-state index is 13.6. The van der Waals surface area contributed by atoms with Gasteiger partial charge in [0.1, 0.15) is 11.6 Å². The van der Waals surface area contributed by atoms with Crippen LogP contribution in [-0.2, 0) is 19.6 Å². The molecule has 1 heterocycles. The first-order valence-electron chi connectivity index (χ1n) is 10.5. The standard InChI is InChI=1S/C26H21Cl2F2N3S/c27-23-13-20(29)9-8-19(23)16-32-12-4-7-22(32)17-33(15-18-5-2-1-3-6-18)26(34)31-21-10-11-25(30)24(28)14-21/h1-14H,15-17H2,(H,31,34). The van der Waals surface area contributed by atoms with Gasteiger partial charge in [0, 0.05) is 35.7 Å². The summed E-state index contributed by atoms with van der Waals surface area (Å²) in [5, 5.41) is 4.03. The van der Waals surface area contributed by atoms with Crippen molar-refractivity contribution in [2.24, 2.45) is 0 Å². The van der Waals surface area contributed by atoms with Crippen LogP contribution >= 0.6 is 35.4 Å². The van der Waals surface area contributed by atoms with Crippen LogP contribution in [0.5, 0.6) is 0 Å². The van der Waals surface area contributed by atoms with Gasteiger partial charge < -0.3 is 14.8 Å². The lowest BCUT2D eigenvalue weighted by atomic mass is 10.2. The Bertz CT molecular complexity index is 1290. The normalized spacial score (nSPS) is 10.8. The molecule has 0 bridgehead atoms. The van der Waals surface area contributed by atoms with Gasteiger partial charge in [0.2, 0.25) is 0 Å². The van der Waals surface area contributed by atoms with E-state index in [1.807, 2.05) is 53.6 Å². The van der Waals surface area contributed by atoms with Crippen LogP contribution in [0.3, 0.4) is 0 Å². The molecule has 0 atom stereocenters. The third kappa shape index (κ3) is 6.14. The lowest BCUT2D eigenvalue weighted by Crippen LogP contribution is -2.34. The highest BCUT2D eigenvalue weighted by atomic mass is 35.5. The first kappa shape index (κ1) is 24.2. The topological polar surface area (TPSA) is 20.2 Å². The molecule has 0 fully saturated rings. The summed E-state index contributed by atoms with van der Waals surface area (Å²) in [6.07, 6.45) is 1.95. The zero-order chi connectivity index (χ0) is 24.1. The number of rotatable bonds is 7. The molecule has 0 aliphatic carbocycles. The highest BCUT2D eigenvalue weighted by molar-refractivity contribution is 7.80. The first-order chi connectivity index (χ1) is 16.4. The van der Waals surface area contributed by atoms with E-state index in [0.29, 0.717) is 35.5 Å². The number of thiocarbonyl (C=S) groups is 1. The van der Waals surface area contributed by atoms with E-state index in [2.05, 4.69) is 9.88 Å². The molecule has 8 heteroatoms. The van der Waals surface area contributed by atoms with Crippen LogP contribution < -0.4 is 5.32 Å². The molecule has 0 amide bonds. The number of hydrogen-bond acceptors (Lipinski definition) is 1. The van der Waals surface area contributed by atoms with Gasteiger partial charge in [0.05, 0.1) is 11.6 Å². The molecular formula is C26H21Cl2F2N3S. The largest absolute Gasteiger partial charge is 0.345 e. The van der Waals surface area contributed by atoms with Crippen molar-refractivity contribution in [3.05, 3.63) is 124 Å². The fraction of sp³-hybridized carbons (Fsp3) is 0.115. The van der Waals surface area contributed by atoms with Crippen molar-refractivity contribution in [2.45, 2.75) is 19.6 Å². The highest BCUT2D eigenvalue weighted by Crippen LogP contribution is 2.22. The van der Waals surface area contributed by atoms with Gasteiger partial charge in [-0.25, -0.2) is 8.78 Å². The number of hydrogen-bond donors (Lipinski definition) is 1. The minimum Gasteiger partial charge on any atom is -0.345 e. The lowest BCUT2D eigenvalue weighted by Gasteiger charge is -2.27. The van der Waals surface area contributed by atoms with Crippen molar-refractivity contribution in [3.8, 4) is 0 Å². The summed E-state index contributed by atoms with van der Waals surface area (Å²) < 4.78 is 29.1. The van der Waals surface area contributed by atoms with Crippen LogP contribution in [0, 0.1) is 11.6 Å². The van der Waals surface area contributed by atoms with Crippen molar-refractivity contribution in [2.75, 3.05) is 5.32 Å². The second kappa shape index (κ2) is 11.0. The van der Waals surface area contributed by atoms with Gasteiger partial charge in [0.15, 0.2) is 5.11 Å². The Hall–Kier alpha value is -2.93. The Labute approximate surface area is 212 Å². The molecule has 0 radical (unpaired) electrons. The van der Waals surface area contributed by atoms with Gasteiger partial charge in [-0.2, -0.15) is 0 Å². The third-order valence-corrected chi connectivity index (χ3v) is 6.31. The lowest BCUT2D eigenvalue weighted by molar-refractivity contribution is 0.399. The summed E-state index contributed by atoms with van der Waals surface area (Å²) in [5.41, 5.74) is 3.50. The summed E-state index contributed by atoms with van der Waals surface area (Å²) >= 11 is 17.9. The smallest absolute Gasteiger partial charge is 0.174 e. The van der Waals surface area contributed by atoms with Gasteiger partial charge >= 0.3 is 0 Å². The van der Waals surface area contributed by atoms with Crippen LogP contribution in [0.15, 0.2) is 85.1 Å². The van der Waals surface area contributed by atoms with E-state index in [9.17, 15) is 8.78 Å². The zero-order valence-corrected chi connectivity index (χ0v) is 20.3. The molecule has 34 heavy (non-hydrogen) atoms. The summed E-state index contributed by atoms with van der Waals surface area (Å²) in [5.74, 6) is -0.857. The van der Waals surface area contributed by atoms with E-state index in [4.69, 9.17) is 35.4 Å². The van der Waals surface area contributed by atoms with Gasteiger partial charge in [-0.1, -0.05) is 59.6 Å². The van der Waals surface area contributed by atoms with Gasteiger partial charge in [-0.15, -0.1) is 0 Å². The quantitative estimate of drug-likeness (QED) is 0.257. The highest BCUT2D eigenvalue weighted by Gasteiger charge is 2.15. The molecule has 3 aromatic carbocycles. The molecule has 0 saturated heterocycles. The maximum Gasteiger partial charge on any atom is 0.174 e. The predicted molar refractivity (Wildman–Crippen MR) is 138 cm³/mol. The maximum absolute atomic E-state index is 13.6. The van der Waals surface area contributed by atoms with Crippen LogP contribution in [0.4, 0.5) is 14.5 Å². The van der Waals surface area contributed by atoms with Gasteiger partial charge in [0.25, 0.3) is 0 Å². The van der Waals surface area contributed by atoms with E-state index in [0.717, 1.165) is 16.8 Å². The van der Waals surface area contributed by atoms with Crippen LogP contribution in [0.1, 0.15) is 16.8 Å². The summed E-state index contributed by atoms with van der Waals surface area (Å²) in [6.45, 7) is 1.56. The minimum absolute atomic E-state index is 0.0208. The molecule has 0 saturated carbocycles. The Morgan fingerprint density at radius 3 is 2.41 bits per heavy atom. The molecule has 0 aliphatic rings. The molecule has 0 aliphatic heterocycles. The fourth-order valence-corrected chi connectivity index (χ4v) is 4.21. The fourth-order valence-electron chi connectivity index (χ4n) is 3.56. The van der Waals surface area contributed by atoms with Crippen LogP contribution in [0.25, 0.3) is 0 Å². The molecule has 4 aromatic rings. The number of aromatic nitrogens is 1. The van der Waals surface area contributed by atoms with Crippen molar-refractivity contribution >= 4 is 46.2 Å². The molecule has 1 aromatic heterocycles. The first-order valence-corrected chi connectivity index (χ1v) is 11.7. The Morgan fingerprint density at radius 2 is 1.68 bits per heavy atom. The zero-order valence-electron chi connectivity index (χ0n) is 18.0. The molecule has 0 spiro atoms. The number of benzene rings is 3. The third-order valence-electron chi connectivity index (χ3n) is 5.31. The molecular weight excluding hydrogens is 495 g/mol. The number of halogens is 4. The van der Waals surface area contributed by atoms with Crippen LogP contribution in [-0.4, -0.2) is 14.6 Å². The molecule has 1 N–H and O–H groups in total. The molecule has 4 rings (SSSR count). The Balaban J connectivity index is 1.57. The van der Waals surface area contributed by atoms with E-state index in [-0.39, 0.29) is 10.8 Å². The van der Waals surface area contributed by atoms with Crippen molar-refractivity contribution in [3.63, 3.8) is 0 Å². The monoisotopic (exact) mass is 515 g/mol. The van der Waals surface area contributed by atoms with Crippen LogP contribution in [0.2, 0.25) is 10.0 Å². The summed E-state index contributed by atoms with van der Waals surface area (Å²) in [7, 11) is 0. The minimum atomic E-state index is -0.489. The second-order valence-electron chi connectivity index (χ2n) is 7.76. The Kier molecular flexibility index (Phi) is 7.83. The van der Waals surface area contributed by atoms with Crippen molar-refractivity contribution in [1.82, 2.24) is 9.47 Å². The number of nitrogens with one attached hydrogen (secondary N) is 1. The molecule has 3 nitrogen and oxygen atoms in total. The predicted octanol–water partition coefficient (Wildman–Crippen LogP) is 7.52. The van der Waals surface area contributed by atoms with Crippen molar-refractivity contribution in [1.29, 1.82) is 0 Å². The van der Waals surface area contributed by atoms with Gasteiger partial charge in [-0.3, -0.25) is 0 Å². The van der Waals surface area contributed by atoms with E-state index in [1.165, 1.54) is 24.3 Å². The molecule has 0 unspecified atom stereocenters. The second-order valence-corrected chi connectivity index (χ2v) is 8.96. The van der Waals surface area contributed by atoms with E-state index in [1.54, 1.807) is 12.1 Å². The SMILES string of the molecule is Fc1ccc(Cn2cccc2CN(Cc2ccccc2)C(=S)Nc2ccc(F)c(Cl)c2)c(Cl)c1. The summed E-state index contributed by atoms with van der Waals surface area (Å²) in [6, 6.07) is 22.7. The van der Waals surface area contributed by atoms with Crippen molar-refractivity contribution < 1.29 is 8.78 Å². The average molecular weight is 516 g/mol. The Morgan fingerprint density at radius 1 is 0.882 bits per heavy atom. The number of nitrogens with zero attached hydrogens (tertiary/aromatic N) is 2. The van der Waals surface area contributed by atoms with E-state index < -0.39 is 5.82 Å². The van der Waals surface area contributed by atoms with Gasteiger partial charge in [-0.05, 0) is 65.8 Å². The number of anilines is 1. The molecule has 174 valence electrons. The van der Waals surface area contributed by atoms with E-state index >= 15 is 0 Å². The summed E-state index contributed by atoms with van der Waals surface area (Å²) in [4.78, 5) is 2.01.